The monoisotopic (exact) mass is 360 g/mol. The maximum absolute atomic E-state index is 4.56. The second-order valence-electron chi connectivity index (χ2n) is 4.59. The topological polar surface area (TPSA) is 16.1 Å². The van der Waals surface area contributed by atoms with Crippen LogP contribution in [0.15, 0.2) is 16.7 Å². The van der Waals surface area contributed by atoms with E-state index in [0.717, 1.165) is 22.2 Å². The largest absolute Gasteiger partial charge is 0.352 e. The molecule has 2 rings (SSSR count). The number of halogens is 2. The van der Waals surface area contributed by atoms with E-state index in [0.29, 0.717) is 6.04 Å². The number of pyridine rings is 1. The zero-order valence-corrected chi connectivity index (χ0v) is 13.3. The zero-order valence-electron chi connectivity index (χ0n) is 10.1. The molecule has 1 aromatic heterocycles. The highest BCUT2D eigenvalue weighted by Crippen LogP contribution is 2.32. The number of anilines is 1. The van der Waals surface area contributed by atoms with Crippen molar-refractivity contribution in [1.29, 1.82) is 0 Å². The maximum Gasteiger partial charge on any atom is 0.143 e. The molecule has 0 aromatic carbocycles. The minimum atomic E-state index is 0.665. The molecule has 0 amide bonds. The minimum Gasteiger partial charge on any atom is -0.352 e. The van der Waals surface area contributed by atoms with Gasteiger partial charge < -0.3 is 4.90 Å². The number of rotatable bonds is 4. The van der Waals surface area contributed by atoms with Gasteiger partial charge in [0.25, 0.3) is 0 Å². The highest BCUT2D eigenvalue weighted by Gasteiger charge is 2.24. The van der Waals surface area contributed by atoms with Gasteiger partial charge in [-0.3, -0.25) is 0 Å². The van der Waals surface area contributed by atoms with Gasteiger partial charge in [-0.2, -0.15) is 0 Å². The molecule has 1 aliphatic carbocycles. The Kier molecular flexibility index (Phi) is 4.86. The summed E-state index contributed by atoms with van der Waals surface area (Å²) in [5.74, 6) is 1.11. The first-order valence-corrected chi connectivity index (χ1v) is 8.09. The first kappa shape index (κ1) is 13.3. The molecule has 1 fully saturated rings. The Hall–Kier alpha value is -0.0900. The van der Waals surface area contributed by atoms with Gasteiger partial charge >= 0.3 is 0 Å². The highest BCUT2D eigenvalue weighted by molar-refractivity contribution is 9.10. The summed E-state index contributed by atoms with van der Waals surface area (Å²) < 4.78 is 1.15. The summed E-state index contributed by atoms with van der Waals surface area (Å²) in [6.07, 6.45) is 7.22. The molecule has 0 bridgehead atoms. The van der Waals surface area contributed by atoms with Crippen molar-refractivity contribution in [2.75, 3.05) is 16.8 Å². The Morgan fingerprint density at radius 1 is 1.41 bits per heavy atom. The van der Waals surface area contributed by atoms with Gasteiger partial charge in [0.05, 0.1) is 4.47 Å². The molecule has 0 N–H and O–H groups in total. The molecule has 4 heteroatoms. The van der Waals surface area contributed by atoms with Crippen LogP contribution in [0.25, 0.3) is 0 Å². The molecular weight excluding hydrogens is 344 g/mol. The molecule has 0 unspecified atom stereocenters. The van der Waals surface area contributed by atoms with Crippen LogP contribution >= 0.6 is 31.9 Å². The fourth-order valence-corrected chi connectivity index (χ4v) is 3.34. The quantitative estimate of drug-likeness (QED) is 0.743. The van der Waals surface area contributed by atoms with E-state index in [1.165, 1.54) is 31.2 Å². The van der Waals surface area contributed by atoms with Crippen LogP contribution in [0.1, 0.15) is 31.2 Å². The first-order valence-electron chi connectivity index (χ1n) is 6.17. The van der Waals surface area contributed by atoms with Crippen molar-refractivity contribution < 1.29 is 0 Å². The predicted octanol–water partition coefficient (Wildman–Crippen LogP) is 4.30. The Bertz CT molecular complexity index is 376. The molecular formula is C13H18Br2N2. The summed E-state index contributed by atoms with van der Waals surface area (Å²) >= 11 is 7.23. The lowest BCUT2D eigenvalue weighted by molar-refractivity contribution is 0.614. The smallest absolute Gasteiger partial charge is 0.143 e. The Morgan fingerprint density at radius 2 is 2.12 bits per heavy atom. The van der Waals surface area contributed by atoms with Crippen LogP contribution in [0.5, 0.6) is 0 Å². The summed E-state index contributed by atoms with van der Waals surface area (Å²) in [6, 6.07) is 2.72. The average molecular weight is 362 g/mol. The zero-order chi connectivity index (χ0) is 12.3. The summed E-state index contributed by atoms with van der Waals surface area (Å²) in [5.41, 5.74) is 1.26. The first-order chi connectivity index (χ1) is 8.24. The number of hydrogen-bond donors (Lipinski definition) is 0. The fraction of sp³-hybridized carbons (Fsp3) is 0.615. The molecule has 2 nitrogen and oxygen atoms in total. The van der Waals surface area contributed by atoms with E-state index in [4.69, 9.17) is 0 Å². The Morgan fingerprint density at radius 3 is 2.76 bits per heavy atom. The van der Waals surface area contributed by atoms with E-state index < -0.39 is 0 Å². The molecule has 0 radical (unpaired) electrons. The van der Waals surface area contributed by atoms with Crippen molar-refractivity contribution in [1.82, 2.24) is 4.98 Å². The number of aromatic nitrogens is 1. The third-order valence-corrected chi connectivity index (χ3v) is 4.76. The van der Waals surface area contributed by atoms with E-state index in [1.54, 1.807) is 0 Å². The van der Waals surface area contributed by atoms with Crippen molar-refractivity contribution in [3.8, 4) is 0 Å². The molecule has 0 atom stereocenters. The molecule has 17 heavy (non-hydrogen) atoms. The van der Waals surface area contributed by atoms with E-state index in [-0.39, 0.29) is 0 Å². The molecule has 1 aromatic rings. The van der Waals surface area contributed by atoms with Crippen molar-refractivity contribution >= 4 is 37.7 Å². The lowest BCUT2D eigenvalue weighted by Gasteiger charge is -2.30. The predicted molar refractivity (Wildman–Crippen MR) is 80.1 cm³/mol. The Labute approximate surface area is 120 Å². The normalized spacial score (nSPS) is 16.4. The van der Waals surface area contributed by atoms with Gasteiger partial charge in [0.2, 0.25) is 0 Å². The molecule has 0 aliphatic heterocycles. The summed E-state index contributed by atoms with van der Waals surface area (Å²) in [5, 5.41) is 0.992. The highest BCUT2D eigenvalue weighted by atomic mass is 79.9. The Balaban J connectivity index is 2.27. The second-order valence-corrected chi connectivity index (χ2v) is 6.17. The lowest BCUT2D eigenvalue weighted by Crippen LogP contribution is -2.35. The van der Waals surface area contributed by atoms with Gasteiger partial charge in [0, 0.05) is 24.1 Å². The van der Waals surface area contributed by atoms with Gasteiger partial charge in [-0.15, -0.1) is 0 Å². The van der Waals surface area contributed by atoms with Crippen LogP contribution in [0.4, 0.5) is 5.82 Å². The maximum atomic E-state index is 4.56. The molecule has 94 valence electrons. The summed E-state index contributed by atoms with van der Waals surface area (Å²) in [4.78, 5) is 7.02. The molecule has 1 aliphatic rings. The van der Waals surface area contributed by atoms with E-state index in [1.807, 2.05) is 6.20 Å². The number of nitrogens with zero attached hydrogens (tertiary/aromatic N) is 2. The molecule has 1 heterocycles. The van der Waals surface area contributed by atoms with Crippen LogP contribution in [0.2, 0.25) is 0 Å². The summed E-state index contributed by atoms with van der Waals surface area (Å²) in [7, 11) is 0. The van der Waals surface area contributed by atoms with Crippen molar-refractivity contribution in [3.63, 3.8) is 0 Å². The van der Waals surface area contributed by atoms with Crippen molar-refractivity contribution in [2.24, 2.45) is 0 Å². The molecule has 0 saturated heterocycles. The molecule has 1 saturated carbocycles. The SMILES string of the molecule is Cc1ccnc(N(CCBr)C2CCCC2)c1Br. The van der Waals surface area contributed by atoms with Crippen LogP contribution in [-0.4, -0.2) is 22.9 Å². The lowest BCUT2D eigenvalue weighted by atomic mass is 10.2. The number of alkyl halides is 1. The number of aryl methyl sites for hydroxylation is 1. The third kappa shape index (κ3) is 3.02. The van der Waals surface area contributed by atoms with Gasteiger partial charge in [-0.25, -0.2) is 4.98 Å². The van der Waals surface area contributed by atoms with E-state index in [2.05, 4.69) is 54.7 Å². The molecule has 0 spiro atoms. The minimum absolute atomic E-state index is 0.665. The van der Waals surface area contributed by atoms with Gasteiger partial charge in [0.15, 0.2) is 0 Å². The van der Waals surface area contributed by atoms with Gasteiger partial charge in [0.1, 0.15) is 5.82 Å². The van der Waals surface area contributed by atoms with E-state index >= 15 is 0 Å². The number of hydrogen-bond acceptors (Lipinski definition) is 2. The van der Waals surface area contributed by atoms with Gasteiger partial charge in [-0.05, 0) is 47.3 Å². The summed E-state index contributed by atoms with van der Waals surface area (Å²) in [6.45, 7) is 3.15. The van der Waals surface area contributed by atoms with Crippen molar-refractivity contribution in [2.45, 2.75) is 38.6 Å². The van der Waals surface area contributed by atoms with Crippen LogP contribution in [-0.2, 0) is 0 Å². The fourth-order valence-electron chi connectivity index (χ4n) is 2.49. The van der Waals surface area contributed by atoms with Crippen LogP contribution < -0.4 is 4.90 Å². The van der Waals surface area contributed by atoms with Crippen LogP contribution in [0, 0.1) is 6.92 Å². The second kappa shape index (κ2) is 6.19. The van der Waals surface area contributed by atoms with Crippen molar-refractivity contribution in [3.05, 3.63) is 22.3 Å². The van der Waals surface area contributed by atoms with E-state index in [9.17, 15) is 0 Å². The standard InChI is InChI=1S/C13H18Br2N2/c1-10-6-8-16-13(12(10)15)17(9-7-14)11-4-2-3-5-11/h6,8,11H,2-5,7,9H2,1H3. The third-order valence-electron chi connectivity index (χ3n) is 3.43. The average Bonchev–Trinajstić information content (AvgIpc) is 2.84. The van der Waals surface area contributed by atoms with Gasteiger partial charge in [-0.1, -0.05) is 28.8 Å². The van der Waals surface area contributed by atoms with Crippen LogP contribution in [0.3, 0.4) is 0 Å².